The van der Waals surface area contributed by atoms with E-state index in [2.05, 4.69) is 4.90 Å². The van der Waals surface area contributed by atoms with E-state index in [1.165, 1.54) is 32.1 Å². The molecule has 2 N–H and O–H groups in total. The third kappa shape index (κ3) is 2.53. The normalized spacial score (nSPS) is 39.3. The zero-order valence-corrected chi connectivity index (χ0v) is 11.8. The molecule has 2 aliphatic carbocycles. The molecule has 3 fully saturated rings. The van der Waals surface area contributed by atoms with Gasteiger partial charge in [0, 0.05) is 24.5 Å². The zero-order valence-electron chi connectivity index (χ0n) is 11.0. The van der Waals surface area contributed by atoms with Crippen LogP contribution in [-0.2, 0) is 4.79 Å². The second kappa shape index (κ2) is 5.79. The Morgan fingerprint density at radius 1 is 1.06 bits per heavy atom. The van der Waals surface area contributed by atoms with Crippen molar-refractivity contribution in [3.63, 3.8) is 0 Å². The Labute approximate surface area is 116 Å². The lowest BCUT2D eigenvalue weighted by Gasteiger charge is -2.39. The van der Waals surface area contributed by atoms with Crippen molar-refractivity contribution in [2.24, 2.45) is 17.6 Å². The highest BCUT2D eigenvalue weighted by atomic mass is 35.5. The number of piperidine rings is 1. The zero-order chi connectivity index (χ0) is 11.8. The molecule has 0 radical (unpaired) electrons. The van der Waals surface area contributed by atoms with Crippen molar-refractivity contribution < 1.29 is 4.79 Å². The first-order chi connectivity index (χ1) is 8.25. The monoisotopic (exact) mass is 272 g/mol. The van der Waals surface area contributed by atoms with E-state index in [0.29, 0.717) is 11.9 Å². The van der Waals surface area contributed by atoms with E-state index in [9.17, 15) is 4.79 Å². The van der Waals surface area contributed by atoms with Gasteiger partial charge in [-0.25, -0.2) is 0 Å². The van der Waals surface area contributed by atoms with Gasteiger partial charge in [0.2, 0.25) is 5.91 Å². The van der Waals surface area contributed by atoms with Gasteiger partial charge >= 0.3 is 0 Å². The summed E-state index contributed by atoms with van der Waals surface area (Å²) in [6.07, 6.45) is 9.46. The first-order valence-corrected chi connectivity index (χ1v) is 7.32. The van der Waals surface area contributed by atoms with Crippen molar-refractivity contribution in [3.05, 3.63) is 0 Å². The first kappa shape index (κ1) is 14.1. The Balaban J connectivity index is 0.00000120. The van der Waals surface area contributed by atoms with Crippen molar-refractivity contribution in [2.75, 3.05) is 6.54 Å². The summed E-state index contributed by atoms with van der Waals surface area (Å²) in [7, 11) is 0. The predicted molar refractivity (Wildman–Crippen MR) is 74.6 cm³/mol. The Hall–Kier alpha value is -0.280. The molecule has 0 bridgehead atoms. The van der Waals surface area contributed by atoms with Crippen molar-refractivity contribution in [1.82, 2.24) is 4.90 Å². The van der Waals surface area contributed by atoms with E-state index < -0.39 is 0 Å². The molecule has 3 aliphatic rings. The fourth-order valence-electron chi connectivity index (χ4n) is 4.20. The SMILES string of the molecule is Cl.NC1CCC(C(=O)N2CCCC3CCCC32)C1. The van der Waals surface area contributed by atoms with Gasteiger partial charge in [0.25, 0.3) is 0 Å². The lowest BCUT2D eigenvalue weighted by Crippen LogP contribution is -2.48. The molecule has 0 aromatic heterocycles. The summed E-state index contributed by atoms with van der Waals surface area (Å²) in [6.45, 7) is 1.01. The van der Waals surface area contributed by atoms with E-state index >= 15 is 0 Å². The van der Waals surface area contributed by atoms with Gasteiger partial charge in [-0.3, -0.25) is 4.79 Å². The number of nitrogens with two attached hydrogens (primary N) is 1. The number of amides is 1. The van der Waals surface area contributed by atoms with E-state index in [4.69, 9.17) is 5.73 Å². The maximum Gasteiger partial charge on any atom is 0.225 e. The van der Waals surface area contributed by atoms with Crippen LogP contribution in [0.15, 0.2) is 0 Å². The fourth-order valence-corrected chi connectivity index (χ4v) is 4.20. The minimum atomic E-state index is 0. The molecular formula is C14H25ClN2O. The van der Waals surface area contributed by atoms with E-state index in [0.717, 1.165) is 31.7 Å². The molecule has 0 aromatic rings. The maximum atomic E-state index is 12.6. The average Bonchev–Trinajstić information content (AvgIpc) is 2.95. The van der Waals surface area contributed by atoms with Crippen molar-refractivity contribution in [3.8, 4) is 0 Å². The minimum Gasteiger partial charge on any atom is -0.339 e. The van der Waals surface area contributed by atoms with Crippen LogP contribution in [0.3, 0.4) is 0 Å². The predicted octanol–water partition coefficient (Wildman–Crippen LogP) is 2.33. The van der Waals surface area contributed by atoms with Gasteiger partial charge < -0.3 is 10.6 Å². The standard InChI is InChI=1S/C14H24N2O.ClH/c15-12-7-6-11(9-12)14(17)16-8-2-4-10-3-1-5-13(10)16;/h10-13H,1-9,15H2;1H. The summed E-state index contributed by atoms with van der Waals surface area (Å²) < 4.78 is 0. The van der Waals surface area contributed by atoms with Crippen LogP contribution in [0.5, 0.6) is 0 Å². The summed E-state index contributed by atoms with van der Waals surface area (Å²) >= 11 is 0. The highest BCUT2D eigenvalue weighted by Crippen LogP contribution is 2.38. The van der Waals surface area contributed by atoms with Crippen LogP contribution in [0.1, 0.15) is 51.4 Å². The van der Waals surface area contributed by atoms with Crippen LogP contribution < -0.4 is 5.73 Å². The number of rotatable bonds is 1. The van der Waals surface area contributed by atoms with Gasteiger partial charge in [0.05, 0.1) is 0 Å². The maximum absolute atomic E-state index is 12.6. The molecule has 4 unspecified atom stereocenters. The lowest BCUT2D eigenvalue weighted by molar-refractivity contribution is -0.140. The van der Waals surface area contributed by atoms with Crippen LogP contribution in [-0.4, -0.2) is 29.4 Å². The average molecular weight is 273 g/mol. The Kier molecular flexibility index (Phi) is 4.54. The summed E-state index contributed by atoms with van der Waals surface area (Å²) in [4.78, 5) is 14.8. The van der Waals surface area contributed by atoms with Crippen molar-refractivity contribution >= 4 is 18.3 Å². The van der Waals surface area contributed by atoms with Crippen LogP contribution in [0.25, 0.3) is 0 Å². The largest absolute Gasteiger partial charge is 0.339 e. The van der Waals surface area contributed by atoms with Crippen LogP contribution in [0.2, 0.25) is 0 Å². The highest BCUT2D eigenvalue weighted by molar-refractivity contribution is 5.85. The lowest BCUT2D eigenvalue weighted by atomic mass is 9.90. The number of hydrogen-bond donors (Lipinski definition) is 1. The summed E-state index contributed by atoms with van der Waals surface area (Å²) in [5, 5.41) is 0. The van der Waals surface area contributed by atoms with E-state index in [-0.39, 0.29) is 24.4 Å². The van der Waals surface area contributed by atoms with Gasteiger partial charge in [0.15, 0.2) is 0 Å². The van der Waals surface area contributed by atoms with Crippen LogP contribution >= 0.6 is 12.4 Å². The molecule has 1 aliphatic heterocycles. The molecule has 4 heteroatoms. The number of carbonyl (C=O) groups is 1. The number of nitrogens with zero attached hydrogens (tertiary/aromatic N) is 1. The molecule has 1 amide bonds. The summed E-state index contributed by atoms with van der Waals surface area (Å²) in [6, 6.07) is 0.848. The Morgan fingerprint density at radius 3 is 2.56 bits per heavy atom. The van der Waals surface area contributed by atoms with Gasteiger partial charge in [-0.1, -0.05) is 6.42 Å². The summed E-state index contributed by atoms with van der Waals surface area (Å²) in [5.74, 6) is 1.47. The van der Waals surface area contributed by atoms with Gasteiger partial charge in [-0.2, -0.15) is 0 Å². The first-order valence-electron chi connectivity index (χ1n) is 7.32. The number of fused-ring (bicyclic) bond motifs is 1. The fraction of sp³-hybridized carbons (Fsp3) is 0.929. The quantitative estimate of drug-likeness (QED) is 0.796. The molecular weight excluding hydrogens is 248 g/mol. The third-order valence-electron chi connectivity index (χ3n) is 5.10. The smallest absolute Gasteiger partial charge is 0.225 e. The second-order valence-corrected chi connectivity index (χ2v) is 6.20. The summed E-state index contributed by atoms with van der Waals surface area (Å²) in [5.41, 5.74) is 5.93. The van der Waals surface area contributed by atoms with Crippen molar-refractivity contribution in [1.29, 1.82) is 0 Å². The number of halogens is 1. The van der Waals surface area contributed by atoms with Gasteiger partial charge in [-0.15, -0.1) is 12.4 Å². The molecule has 104 valence electrons. The Morgan fingerprint density at radius 2 is 1.83 bits per heavy atom. The van der Waals surface area contributed by atoms with E-state index in [1.807, 2.05) is 0 Å². The Bertz CT molecular complexity index is 310. The third-order valence-corrected chi connectivity index (χ3v) is 5.10. The topological polar surface area (TPSA) is 46.3 Å². The van der Waals surface area contributed by atoms with Crippen LogP contribution in [0.4, 0.5) is 0 Å². The molecule has 0 aromatic carbocycles. The van der Waals surface area contributed by atoms with Crippen LogP contribution in [0, 0.1) is 11.8 Å². The molecule has 18 heavy (non-hydrogen) atoms. The van der Waals surface area contributed by atoms with Gasteiger partial charge in [0.1, 0.15) is 0 Å². The number of hydrogen-bond acceptors (Lipinski definition) is 2. The molecule has 2 saturated carbocycles. The highest BCUT2D eigenvalue weighted by Gasteiger charge is 2.40. The molecule has 1 saturated heterocycles. The van der Waals surface area contributed by atoms with E-state index in [1.54, 1.807) is 0 Å². The molecule has 3 nitrogen and oxygen atoms in total. The molecule has 3 rings (SSSR count). The number of likely N-dealkylation sites (tertiary alicyclic amines) is 1. The second-order valence-electron chi connectivity index (χ2n) is 6.20. The van der Waals surface area contributed by atoms with Crippen molar-refractivity contribution in [2.45, 2.75) is 63.5 Å². The van der Waals surface area contributed by atoms with Gasteiger partial charge in [-0.05, 0) is 50.9 Å². The molecule has 1 heterocycles. The minimum absolute atomic E-state index is 0. The molecule has 0 spiro atoms. The number of carbonyl (C=O) groups excluding carboxylic acids is 1. The molecule has 4 atom stereocenters.